The van der Waals surface area contributed by atoms with Crippen molar-refractivity contribution >= 4 is 12.0 Å². The molecule has 2 nitrogen and oxygen atoms in total. The normalized spacial score (nSPS) is 18.6. The van der Waals surface area contributed by atoms with E-state index < -0.39 is 11.4 Å². The fraction of sp³-hybridized carbons (Fsp3) is 0.400. The van der Waals surface area contributed by atoms with Crippen molar-refractivity contribution < 1.29 is 9.90 Å². The van der Waals surface area contributed by atoms with Crippen molar-refractivity contribution in [2.75, 3.05) is 0 Å². The Balaban J connectivity index is 2.01. The molecule has 1 saturated carbocycles. The summed E-state index contributed by atoms with van der Waals surface area (Å²) in [6, 6.07) is 10.0. The fourth-order valence-electron chi connectivity index (χ4n) is 2.54. The van der Waals surface area contributed by atoms with Gasteiger partial charge in [0.25, 0.3) is 0 Å². The lowest BCUT2D eigenvalue weighted by molar-refractivity contribution is -0.148. The molecule has 1 N–H and O–H groups in total. The standard InChI is InChI=1S/C15H18O2/c16-14(17)15(10-4-5-11-15)12-6-9-13-7-2-1-3-8-13/h1-3,6-9H,4-5,10-12H2,(H,16,17). The van der Waals surface area contributed by atoms with Crippen LogP contribution in [0.1, 0.15) is 37.7 Å². The minimum Gasteiger partial charge on any atom is -0.481 e. The Hall–Kier alpha value is -1.57. The molecule has 17 heavy (non-hydrogen) atoms. The van der Waals surface area contributed by atoms with Crippen molar-refractivity contribution in [3.8, 4) is 0 Å². The number of carboxylic acid groups (broad SMARTS) is 1. The number of carboxylic acids is 1. The zero-order valence-electron chi connectivity index (χ0n) is 9.93. The van der Waals surface area contributed by atoms with Gasteiger partial charge >= 0.3 is 5.97 Å². The molecule has 0 radical (unpaired) electrons. The van der Waals surface area contributed by atoms with Gasteiger partial charge in [-0.3, -0.25) is 4.79 Å². The van der Waals surface area contributed by atoms with Crippen molar-refractivity contribution in [3.05, 3.63) is 42.0 Å². The summed E-state index contributed by atoms with van der Waals surface area (Å²) in [6.07, 6.45) is 8.41. The second-order valence-corrected chi connectivity index (χ2v) is 4.81. The first kappa shape index (κ1) is 11.9. The van der Waals surface area contributed by atoms with Gasteiger partial charge in [0.05, 0.1) is 5.41 Å². The van der Waals surface area contributed by atoms with E-state index >= 15 is 0 Å². The summed E-state index contributed by atoms with van der Waals surface area (Å²) in [5, 5.41) is 9.33. The molecule has 1 aliphatic carbocycles. The van der Waals surface area contributed by atoms with Crippen LogP contribution in [0.2, 0.25) is 0 Å². The van der Waals surface area contributed by atoms with Crippen LogP contribution in [-0.2, 0) is 4.79 Å². The molecule has 0 bridgehead atoms. The number of aliphatic carboxylic acids is 1. The van der Waals surface area contributed by atoms with Gasteiger partial charge in [0.1, 0.15) is 0 Å². The minimum absolute atomic E-state index is 0.495. The zero-order chi connectivity index (χ0) is 12.1. The van der Waals surface area contributed by atoms with Gasteiger partial charge in [0.15, 0.2) is 0 Å². The maximum absolute atomic E-state index is 11.3. The highest BCUT2D eigenvalue weighted by molar-refractivity contribution is 5.75. The third-order valence-electron chi connectivity index (χ3n) is 3.63. The van der Waals surface area contributed by atoms with Crippen molar-refractivity contribution in [2.24, 2.45) is 5.41 Å². The maximum Gasteiger partial charge on any atom is 0.309 e. The monoisotopic (exact) mass is 230 g/mol. The van der Waals surface area contributed by atoms with Gasteiger partial charge in [-0.05, 0) is 24.8 Å². The number of benzene rings is 1. The quantitative estimate of drug-likeness (QED) is 0.855. The molecule has 1 aromatic rings. The summed E-state index contributed by atoms with van der Waals surface area (Å²) in [7, 11) is 0. The first-order chi connectivity index (χ1) is 8.23. The predicted molar refractivity (Wildman–Crippen MR) is 68.6 cm³/mol. The lowest BCUT2D eigenvalue weighted by atomic mass is 9.82. The molecule has 1 aromatic carbocycles. The lowest BCUT2D eigenvalue weighted by Gasteiger charge is -2.21. The summed E-state index contributed by atoms with van der Waals surface area (Å²) in [5.74, 6) is -0.632. The van der Waals surface area contributed by atoms with Crippen LogP contribution >= 0.6 is 0 Å². The van der Waals surface area contributed by atoms with E-state index in [1.54, 1.807) is 0 Å². The van der Waals surface area contributed by atoms with Crippen molar-refractivity contribution in [3.63, 3.8) is 0 Å². The van der Waals surface area contributed by atoms with Gasteiger partial charge in [-0.15, -0.1) is 0 Å². The van der Waals surface area contributed by atoms with Crippen molar-refractivity contribution in [2.45, 2.75) is 32.1 Å². The highest BCUT2D eigenvalue weighted by Gasteiger charge is 2.39. The van der Waals surface area contributed by atoms with Gasteiger partial charge in [0, 0.05) is 0 Å². The molecule has 0 aromatic heterocycles. The predicted octanol–water partition coefficient (Wildman–Crippen LogP) is 3.73. The number of carbonyl (C=O) groups is 1. The number of allylic oxidation sites excluding steroid dienone is 1. The van der Waals surface area contributed by atoms with Gasteiger partial charge in [-0.1, -0.05) is 55.3 Å². The van der Waals surface area contributed by atoms with Crippen molar-refractivity contribution in [1.82, 2.24) is 0 Å². The number of rotatable bonds is 4. The van der Waals surface area contributed by atoms with Crippen LogP contribution in [0.25, 0.3) is 6.08 Å². The maximum atomic E-state index is 11.3. The minimum atomic E-state index is -0.632. The van der Waals surface area contributed by atoms with Crippen molar-refractivity contribution in [1.29, 1.82) is 0 Å². The van der Waals surface area contributed by atoms with E-state index in [0.717, 1.165) is 31.2 Å². The molecular weight excluding hydrogens is 212 g/mol. The molecule has 1 fully saturated rings. The van der Waals surface area contributed by atoms with Crippen LogP contribution in [0.15, 0.2) is 36.4 Å². The van der Waals surface area contributed by atoms with Gasteiger partial charge in [-0.2, -0.15) is 0 Å². The van der Waals surface area contributed by atoms with E-state index in [1.165, 1.54) is 0 Å². The highest BCUT2D eigenvalue weighted by atomic mass is 16.4. The first-order valence-corrected chi connectivity index (χ1v) is 6.18. The second-order valence-electron chi connectivity index (χ2n) is 4.81. The molecule has 0 spiro atoms. The fourth-order valence-corrected chi connectivity index (χ4v) is 2.54. The average molecular weight is 230 g/mol. The summed E-state index contributed by atoms with van der Waals surface area (Å²) in [6.45, 7) is 0. The number of hydrogen-bond acceptors (Lipinski definition) is 1. The molecule has 0 heterocycles. The zero-order valence-corrected chi connectivity index (χ0v) is 9.93. The van der Waals surface area contributed by atoms with Gasteiger partial charge in [-0.25, -0.2) is 0 Å². The highest BCUT2D eigenvalue weighted by Crippen LogP contribution is 2.41. The molecule has 2 rings (SSSR count). The van der Waals surface area contributed by atoms with E-state index in [0.29, 0.717) is 6.42 Å². The van der Waals surface area contributed by atoms with Crippen LogP contribution in [0.3, 0.4) is 0 Å². The summed E-state index contributed by atoms with van der Waals surface area (Å²) in [5.41, 5.74) is 0.636. The van der Waals surface area contributed by atoms with E-state index in [-0.39, 0.29) is 0 Å². The first-order valence-electron chi connectivity index (χ1n) is 6.18. The Bertz CT molecular complexity index is 400. The Morgan fingerprint density at radius 2 is 1.88 bits per heavy atom. The molecule has 2 heteroatoms. The van der Waals surface area contributed by atoms with Crippen LogP contribution in [-0.4, -0.2) is 11.1 Å². The largest absolute Gasteiger partial charge is 0.481 e. The van der Waals surface area contributed by atoms with Crippen LogP contribution in [0.5, 0.6) is 0 Å². The summed E-state index contributed by atoms with van der Waals surface area (Å²) in [4.78, 5) is 11.3. The third kappa shape index (κ3) is 2.76. The number of hydrogen-bond donors (Lipinski definition) is 1. The second kappa shape index (κ2) is 5.17. The Morgan fingerprint density at radius 3 is 2.47 bits per heavy atom. The van der Waals surface area contributed by atoms with E-state index in [1.807, 2.05) is 42.5 Å². The summed E-state index contributed by atoms with van der Waals surface area (Å²) >= 11 is 0. The van der Waals surface area contributed by atoms with Crippen LogP contribution in [0, 0.1) is 5.41 Å². The molecule has 0 aliphatic heterocycles. The average Bonchev–Trinajstić information content (AvgIpc) is 2.80. The van der Waals surface area contributed by atoms with E-state index in [4.69, 9.17) is 0 Å². The Labute approximate surface area is 102 Å². The van der Waals surface area contributed by atoms with Gasteiger partial charge in [0.2, 0.25) is 0 Å². The van der Waals surface area contributed by atoms with Gasteiger partial charge < -0.3 is 5.11 Å². The van der Waals surface area contributed by atoms with Crippen LogP contribution < -0.4 is 0 Å². The van der Waals surface area contributed by atoms with E-state index in [2.05, 4.69) is 0 Å². The molecule has 0 amide bonds. The molecule has 0 atom stereocenters. The van der Waals surface area contributed by atoms with Crippen LogP contribution in [0.4, 0.5) is 0 Å². The third-order valence-corrected chi connectivity index (χ3v) is 3.63. The summed E-state index contributed by atoms with van der Waals surface area (Å²) < 4.78 is 0. The molecular formula is C15H18O2. The molecule has 0 unspecified atom stereocenters. The Kier molecular flexibility index (Phi) is 3.62. The molecule has 1 aliphatic rings. The van der Waals surface area contributed by atoms with E-state index in [9.17, 15) is 9.90 Å². The SMILES string of the molecule is O=C(O)C1(CC=Cc2ccccc2)CCCC1. The Morgan fingerprint density at radius 1 is 1.24 bits per heavy atom. The topological polar surface area (TPSA) is 37.3 Å². The molecule has 90 valence electrons. The molecule has 0 saturated heterocycles. The smallest absolute Gasteiger partial charge is 0.309 e. The lowest BCUT2D eigenvalue weighted by Crippen LogP contribution is -2.26.